The van der Waals surface area contributed by atoms with E-state index in [-0.39, 0.29) is 6.04 Å². The number of halogens is 1. The second kappa shape index (κ2) is 8.72. The fourth-order valence-electron chi connectivity index (χ4n) is 3.09. The van der Waals surface area contributed by atoms with Gasteiger partial charge in [-0.2, -0.15) is 0 Å². The number of thiazole rings is 1. The van der Waals surface area contributed by atoms with E-state index < -0.39 is 0 Å². The van der Waals surface area contributed by atoms with Crippen LogP contribution in [0.1, 0.15) is 36.8 Å². The molecule has 142 valence electrons. The fraction of sp³-hybridized carbons (Fsp3) is 0.333. The summed E-state index contributed by atoms with van der Waals surface area (Å²) in [7, 11) is 1.64. The van der Waals surface area contributed by atoms with Crippen molar-refractivity contribution in [2.45, 2.75) is 33.2 Å². The van der Waals surface area contributed by atoms with E-state index in [9.17, 15) is 0 Å². The van der Waals surface area contributed by atoms with Gasteiger partial charge in [0.2, 0.25) is 0 Å². The molecule has 3 rings (SSSR count). The summed E-state index contributed by atoms with van der Waals surface area (Å²) >= 11 is 8.20. The van der Waals surface area contributed by atoms with Gasteiger partial charge in [0.1, 0.15) is 5.75 Å². The highest BCUT2D eigenvalue weighted by Gasteiger charge is 2.21. The number of anilines is 1. The number of hydrogen-bond donors (Lipinski definition) is 0. The van der Waals surface area contributed by atoms with Crippen molar-refractivity contribution in [2.24, 2.45) is 0 Å². The van der Waals surface area contributed by atoms with Crippen molar-refractivity contribution in [2.75, 3.05) is 18.6 Å². The molecule has 0 aliphatic heterocycles. The molecule has 0 spiro atoms. The number of hydrogen-bond acceptors (Lipinski definition) is 5. The van der Waals surface area contributed by atoms with Gasteiger partial charge in [-0.05, 0) is 56.2 Å². The summed E-state index contributed by atoms with van der Waals surface area (Å²) in [5.41, 5.74) is 3.10. The molecular weight excluding hydrogens is 378 g/mol. The van der Waals surface area contributed by atoms with Crippen LogP contribution in [0.2, 0.25) is 5.02 Å². The van der Waals surface area contributed by atoms with Crippen LogP contribution in [0, 0.1) is 6.92 Å². The van der Waals surface area contributed by atoms with Crippen molar-refractivity contribution >= 4 is 28.1 Å². The Kier molecular flexibility index (Phi) is 6.34. The largest absolute Gasteiger partial charge is 0.497 e. The van der Waals surface area contributed by atoms with E-state index in [0.717, 1.165) is 40.0 Å². The molecule has 1 atom stereocenters. The maximum absolute atomic E-state index is 6.49. The predicted molar refractivity (Wildman–Crippen MR) is 114 cm³/mol. The van der Waals surface area contributed by atoms with Crippen molar-refractivity contribution in [3.8, 4) is 17.0 Å². The average molecular weight is 402 g/mol. The lowest BCUT2D eigenvalue weighted by molar-refractivity contribution is 0.415. The van der Waals surface area contributed by atoms with Crippen LogP contribution in [0.15, 0.2) is 42.7 Å². The van der Waals surface area contributed by atoms with Gasteiger partial charge in [0, 0.05) is 29.4 Å². The van der Waals surface area contributed by atoms with Crippen LogP contribution in [-0.4, -0.2) is 23.6 Å². The summed E-state index contributed by atoms with van der Waals surface area (Å²) in [5.74, 6) is 0.746. The Hall–Kier alpha value is -2.11. The van der Waals surface area contributed by atoms with Crippen LogP contribution < -0.4 is 9.64 Å². The first-order valence-corrected chi connectivity index (χ1v) is 10.2. The van der Waals surface area contributed by atoms with E-state index >= 15 is 0 Å². The quantitative estimate of drug-likeness (QED) is 0.475. The zero-order chi connectivity index (χ0) is 19.4. The van der Waals surface area contributed by atoms with Crippen molar-refractivity contribution < 1.29 is 4.74 Å². The summed E-state index contributed by atoms with van der Waals surface area (Å²) < 4.78 is 5.26. The molecule has 4 nitrogen and oxygen atoms in total. The first-order valence-electron chi connectivity index (χ1n) is 9.03. The number of nitrogens with zero attached hydrogens (tertiary/aromatic N) is 3. The maximum Gasteiger partial charge on any atom is 0.186 e. The van der Waals surface area contributed by atoms with Crippen LogP contribution in [0.4, 0.5) is 5.13 Å². The molecule has 0 fully saturated rings. The Balaban J connectivity index is 1.97. The van der Waals surface area contributed by atoms with Gasteiger partial charge in [-0.1, -0.05) is 18.5 Å². The maximum atomic E-state index is 6.49. The minimum Gasteiger partial charge on any atom is -0.497 e. The number of aryl methyl sites for hydroxylation is 1. The van der Waals surface area contributed by atoms with Crippen LogP contribution >= 0.6 is 22.9 Å². The van der Waals surface area contributed by atoms with E-state index in [1.807, 2.05) is 30.6 Å². The summed E-state index contributed by atoms with van der Waals surface area (Å²) in [5, 5.41) is 1.67. The van der Waals surface area contributed by atoms with E-state index in [4.69, 9.17) is 21.3 Å². The molecule has 0 radical (unpaired) electrons. The minimum atomic E-state index is 0.220. The van der Waals surface area contributed by atoms with Gasteiger partial charge < -0.3 is 9.64 Å². The summed E-state index contributed by atoms with van der Waals surface area (Å²) in [4.78, 5) is 12.6. The second-order valence-electron chi connectivity index (χ2n) is 6.40. The molecule has 3 aromatic rings. The van der Waals surface area contributed by atoms with Gasteiger partial charge in [0.25, 0.3) is 0 Å². The third kappa shape index (κ3) is 4.25. The summed E-state index contributed by atoms with van der Waals surface area (Å²) in [6, 6.07) is 10.1. The fourth-order valence-corrected chi connectivity index (χ4v) is 4.38. The molecule has 6 heteroatoms. The highest BCUT2D eigenvalue weighted by molar-refractivity contribution is 7.16. The molecule has 0 aliphatic carbocycles. The van der Waals surface area contributed by atoms with Gasteiger partial charge in [-0.25, -0.2) is 4.98 Å². The first kappa shape index (κ1) is 19.6. The predicted octanol–water partition coefficient (Wildman–Crippen LogP) is 6.15. The molecule has 1 unspecified atom stereocenters. The third-order valence-corrected chi connectivity index (χ3v) is 5.90. The molecular formula is C21H24ClN3OS. The van der Waals surface area contributed by atoms with Crippen molar-refractivity contribution in [3.63, 3.8) is 0 Å². The number of benzene rings is 1. The second-order valence-corrected chi connectivity index (χ2v) is 7.99. The third-order valence-electron chi connectivity index (χ3n) is 4.58. The molecule has 0 saturated carbocycles. The standard InChI is InChI=1S/C21H24ClN3OS/c1-5-12-25(14(2)16-8-10-23-11-9-16)21-24-20(15(3)27-21)18-7-6-17(26-4)13-19(18)22/h6-11,13-14H,5,12H2,1-4H3. The topological polar surface area (TPSA) is 38.2 Å². The Morgan fingerprint density at radius 3 is 2.59 bits per heavy atom. The number of rotatable bonds is 7. The lowest BCUT2D eigenvalue weighted by atomic mass is 10.1. The monoisotopic (exact) mass is 401 g/mol. The summed E-state index contributed by atoms with van der Waals surface area (Å²) in [6.07, 6.45) is 4.73. The molecule has 0 amide bonds. The van der Waals surface area contributed by atoms with Crippen molar-refractivity contribution in [1.29, 1.82) is 0 Å². The molecule has 0 bridgehead atoms. The Morgan fingerprint density at radius 1 is 1.22 bits per heavy atom. The van der Waals surface area contributed by atoms with Gasteiger partial charge >= 0.3 is 0 Å². The number of aromatic nitrogens is 2. The molecule has 0 aliphatic rings. The van der Waals surface area contributed by atoms with E-state index in [0.29, 0.717) is 5.02 Å². The lowest BCUT2D eigenvalue weighted by Crippen LogP contribution is -2.27. The van der Waals surface area contributed by atoms with Crippen LogP contribution in [0.3, 0.4) is 0 Å². The number of pyridine rings is 1. The average Bonchev–Trinajstić information content (AvgIpc) is 3.07. The molecule has 27 heavy (non-hydrogen) atoms. The molecule has 2 aromatic heterocycles. The van der Waals surface area contributed by atoms with Gasteiger partial charge in [-0.3, -0.25) is 4.98 Å². The minimum absolute atomic E-state index is 0.220. The normalized spacial score (nSPS) is 12.0. The zero-order valence-corrected chi connectivity index (χ0v) is 17.6. The first-order chi connectivity index (χ1) is 13.0. The molecule has 0 N–H and O–H groups in total. The highest BCUT2D eigenvalue weighted by atomic mass is 35.5. The number of methoxy groups -OCH3 is 1. The van der Waals surface area contributed by atoms with Gasteiger partial charge in [0.15, 0.2) is 5.13 Å². The van der Waals surface area contributed by atoms with E-state index in [2.05, 4.69) is 42.8 Å². The van der Waals surface area contributed by atoms with E-state index in [1.54, 1.807) is 18.4 Å². The molecule has 0 saturated heterocycles. The van der Waals surface area contributed by atoms with Crippen LogP contribution in [0.5, 0.6) is 5.75 Å². The Bertz CT molecular complexity index is 898. The van der Waals surface area contributed by atoms with Crippen LogP contribution in [-0.2, 0) is 0 Å². The Morgan fingerprint density at radius 2 is 1.96 bits per heavy atom. The van der Waals surface area contributed by atoms with Gasteiger partial charge in [0.05, 0.1) is 23.9 Å². The zero-order valence-electron chi connectivity index (χ0n) is 16.1. The Labute approximate surface area is 169 Å². The lowest BCUT2D eigenvalue weighted by Gasteiger charge is -2.28. The molecule has 1 aromatic carbocycles. The SMILES string of the molecule is CCCN(c1nc(-c2ccc(OC)cc2Cl)c(C)s1)C(C)c1ccncc1. The van der Waals surface area contributed by atoms with E-state index in [1.165, 1.54) is 5.56 Å². The number of ether oxygens (including phenoxy) is 1. The van der Waals surface area contributed by atoms with Crippen LogP contribution in [0.25, 0.3) is 11.3 Å². The molecule has 2 heterocycles. The van der Waals surface area contributed by atoms with Crippen molar-refractivity contribution in [1.82, 2.24) is 9.97 Å². The van der Waals surface area contributed by atoms with Crippen molar-refractivity contribution in [3.05, 3.63) is 58.2 Å². The summed E-state index contributed by atoms with van der Waals surface area (Å²) in [6.45, 7) is 7.43. The smallest absolute Gasteiger partial charge is 0.186 e. The highest BCUT2D eigenvalue weighted by Crippen LogP contribution is 2.39. The van der Waals surface area contributed by atoms with Gasteiger partial charge in [-0.15, -0.1) is 11.3 Å².